The molecule has 0 aliphatic heterocycles. The van der Waals surface area contributed by atoms with Crippen molar-refractivity contribution in [2.75, 3.05) is 5.75 Å². The number of aromatic nitrogens is 1. The zero-order valence-corrected chi connectivity index (χ0v) is 11.8. The first-order chi connectivity index (χ1) is 9.01. The Morgan fingerprint density at radius 2 is 1.84 bits per heavy atom. The van der Waals surface area contributed by atoms with Crippen LogP contribution in [-0.4, -0.2) is 19.2 Å². The lowest BCUT2D eigenvalue weighted by molar-refractivity contribution is 0.462. The molecule has 0 aliphatic rings. The van der Waals surface area contributed by atoms with Crippen LogP contribution in [-0.2, 0) is 9.84 Å². The summed E-state index contributed by atoms with van der Waals surface area (Å²) >= 11 is 5.76. The summed E-state index contributed by atoms with van der Waals surface area (Å²) < 4.78 is 28.7. The Labute approximate surface area is 116 Å². The molecule has 0 radical (unpaired) electrons. The van der Waals surface area contributed by atoms with E-state index in [-0.39, 0.29) is 10.6 Å². The minimum atomic E-state index is -3.23. The smallest absolute Gasteiger partial charge is 0.219 e. The lowest BCUT2D eigenvalue weighted by Crippen LogP contribution is -2.04. The number of rotatable bonds is 4. The van der Waals surface area contributed by atoms with Gasteiger partial charge in [-0.1, -0.05) is 18.5 Å². The van der Waals surface area contributed by atoms with Crippen LogP contribution in [0.1, 0.15) is 6.92 Å². The molecule has 0 aliphatic carbocycles. The van der Waals surface area contributed by atoms with Gasteiger partial charge in [-0.2, -0.15) is 0 Å². The zero-order valence-electron chi connectivity index (χ0n) is 10.2. The largest absolute Gasteiger partial charge is 0.439 e. The van der Waals surface area contributed by atoms with E-state index in [0.29, 0.717) is 16.7 Å². The highest BCUT2D eigenvalue weighted by atomic mass is 35.5. The van der Waals surface area contributed by atoms with Crippen LogP contribution >= 0.6 is 11.6 Å². The highest BCUT2D eigenvalue weighted by Crippen LogP contribution is 2.22. The van der Waals surface area contributed by atoms with Gasteiger partial charge in [-0.3, -0.25) is 0 Å². The van der Waals surface area contributed by atoms with Gasteiger partial charge in [0.15, 0.2) is 9.84 Å². The standard InChI is InChI=1S/C13H12ClNO3S/c1-2-19(16,17)12-7-8-13(15-9-12)18-11-5-3-10(14)4-6-11/h3-9H,2H2,1H3. The minimum absolute atomic E-state index is 0.0477. The van der Waals surface area contributed by atoms with Crippen molar-refractivity contribution < 1.29 is 13.2 Å². The van der Waals surface area contributed by atoms with Crippen molar-refractivity contribution in [3.05, 3.63) is 47.6 Å². The van der Waals surface area contributed by atoms with Crippen LogP contribution in [0.25, 0.3) is 0 Å². The number of hydrogen-bond acceptors (Lipinski definition) is 4. The average Bonchev–Trinajstić information content (AvgIpc) is 2.42. The van der Waals surface area contributed by atoms with Crippen molar-refractivity contribution in [2.24, 2.45) is 0 Å². The van der Waals surface area contributed by atoms with E-state index in [4.69, 9.17) is 16.3 Å². The maximum absolute atomic E-state index is 11.6. The molecule has 0 atom stereocenters. The highest BCUT2D eigenvalue weighted by molar-refractivity contribution is 7.91. The zero-order chi connectivity index (χ0) is 13.9. The van der Waals surface area contributed by atoms with E-state index >= 15 is 0 Å². The van der Waals surface area contributed by atoms with E-state index in [1.165, 1.54) is 18.3 Å². The first-order valence-electron chi connectivity index (χ1n) is 5.63. The molecule has 0 fully saturated rings. The first-order valence-corrected chi connectivity index (χ1v) is 7.66. The van der Waals surface area contributed by atoms with Gasteiger partial charge in [0.1, 0.15) is 5.75 Å². The van der Waals surface area contributed by atoms with Crippen molar-refractivity contribution in [3.8, 4) is 11.6 Å². The van der Waals surface area contributed by atoms with Crippen molar-refractivity contribution in [1.29, 1.82) is 0 Å². The van der Waals surface area contributed by atoms with Crippen molar-refractivity contribution in [2.45, 2.75) is 11.8 Å². The molecule has 1 heterocycles. The van der Waals surface area contributed by atoms with Gasteiger partial charge in [0.05, 0.1) is 10.6 Å². The summed E-state index contributed by atoms with van der Waals surface area (Å²) in [6, 6.07) is 9.83. The van der Waals surface area contributed by atoms with Crippen molar-refractivity contribution >= 4 is 21.4 Å². The van der Waals surface area contributed by atoms with E-state index < -0.39 is 9.84 Å². The second-order valence-electron chi connectivity index (χ2n) is 3.79. The second-order valence-corrected chi connectivity index (χ2v) is 6.51. The molecule has 0 spiro atoms. The monoisotopic (exact) mass is 297 g/mol. The number of sulfone groups is 1. The molecule has 19 heavy (non-hydrogen) atoms. The molecule has 2 aromatic rings. The van der Waals surface area contributed by atoms with Crippen LogP contribution in [0.4, 0.5) is 0 Å². The fourth-order valence-corrected chi connectivity index (χ4v) is 2.35. The molecule has 0 N–H and O–H groups in total. The van der Waals surface area contributed by atoms with Gasteiger partial charge in [-0.15, -0.1) is 0 Å². The van der Waals surface area contributed by atoms with Crippen LogP contribution in [0.2, 0.25) is 5.02 Å². The Morgan fingerprint density at radius 3 is 2.37 bits per heavy atom. The van der Waals surface area contributed by atoms with Crippen LogP contribution < -0.4 is 4.74 Å². The van der Waals surface area contributed by atoms with Gasteiger partial charge >= 0.3 is 0 Å². The average molecular weight is 298 g/mol. The Hall–Kier alpha value is -1.59. The molecule has 1 aromatic heterocycles. The maximum Gasteiger partial charge on any atom is 0.219 e. The number of benzene rings is 1. The van der Waals surface area contributed by atoms with Crippen LogP contribution in [0.15, 0.2) is 47.5 Å². The van der Waals surface area contributed by atoms with Gasteiger partial charge in [-0.25, -0.2) is 13.4 Å². The summed E-state index contributed by atoms with van der Waals surface area (Å²) in [5, 5.41) is 0.615. The third-order valence-corrected chi connectivity index (χ3v) is 4.46. The number of pyridine rings is 1. The second kappa shape index (κ2) is 5.59. The predicted molar refractivity (Wildman–Crippen MR) is 73.5 cm³/mol. The minimum Gasteiger partial charge on any atom is -0.439 e. The molecule has 0 unspecified atom stereocenters. The number of hydrogen-bond donors (Lipinski definition) is 0. The molecule has 6 heteroatoms. The third kappa shape index (κ3) is 3.45. The molecule has 2 rings (SSSR count). The molecule has 0 bridgehead atoms. The Balaban J connectivity index is 2.17. The van der Waals surface area contributed by atoms with Gasteiger partial charge in [0.2, 0.25) is 5.88 Å². The van der Waals surface area contributed by atoms with Crippen molar-refractivity contribution in [1.82, 2.24) is 4.98 Å². The normalized spacial score (nSPS) is 11.3. The lowest BCUT2D eigenvalue weighted by atomic mass is 10.3. The summed E-state index contributed by atoms with van der Waals surface area (Å²) in [5.74, 6) is 0.965. The molecular formula is C13H12ClNO3S. The van der Waals surface area contributed by atoms with Crippen LogP contribution in [0.5, 0.6) is 11.6 Å². The summed E-state index contributed by atoms with van der Waals surface area (Å²) in [6.45, 7) is 1.59. The van der Waals surface area contributed by atoms with E-state index in [1.54, 1.807) is 31.2 Å². The molecule has 100 valence electrons. The Bertz CT molecular complexity index is 651. The summed E-state index contributed by atoms with van der Waals surface area (Å²) in [4.78, 5) is 4.17. The molecule has 0 saturated heterocycles. The first kappa shape index (κ1) is 13.8. The highest BCUT2D eigenvalue weighted by Gasteiger charge is 2.11. The fraction of sp³-hybridized carbons (Fsp3) is 0.154. The van der Waals surface area contributed by atoms with Crippen LogP contribution in [0.3, 0.4) is 0 Å². The quantitative estimate of drug-likeness (QED) is 0.868. The SMILES string of the molecule is CCS(=O)(=O)c1ccc(Oc2ccc(Cl)cc2)nc1. The fourth-order valence-electron chi connectivity index (χ4n) is 1.40. The summed E-state index contributed by atoms with van der Waals surface area (Å²) in [7, 11) is -3.23. The lowest BCUT2D eigenvalue weighted by Gasteiger charge is -2.05. The van der Waals surface area contributed by atoms with Gasteiger partial charge in [0, 0.05) is 17.3 Å². The molecule has 4 nitrogen and oxygen atoms in total. The van der Waals surface area contributed by atoms with Crippen molar-refractivity contribution in [3.63, 3.8) is 0 Å². The summed E-state index contributed by atoms with van der Waals surface area (Å²) in [6.07, 6.45) is 1.30. The Morgan fingerprint density at radius 1 is 1.16 bits per heavy atom. The van der Waals surface area contributed by atoms with E-state index in [9.17, 15) is 8.42 Å². The molecule has 0 amide bonds. The Kier molecular flexibility index (Phi) is 4.07. The third-order valence-electron chi connectivity index (χ3n) is 2.48. The number of nitrogens with zero attached hydrogens (tertiary/aromatic N) is 1. The molecule has 0 saturated carbocycles. The van der Waals surface area contributed by atoms with Crippen LogP contribution in [0, 0.1) is 0 Å². The van der Waals surface area contributed by atoms with E-state index in [1.807, 2.05) is 0 Å². The number of halogens is 1. The molecule has 1 aromatic carbocycles. The maximum atomic E-state index is 11.6. The van der Waals surface area contributed by atoms with E-state index in [2.05, 4.69) is 4.98 Å². The van der Waals surface area contributed by atoms with Gasteiger partial charge in [-0.05, 0) is 30.3 Å². The summed E-state index contributed by atoms with van der Waals surface area (Å²) in [5.41, 5.74) is 0. The predicted octanol–water partition coefficient (Wildman–Crippen LogP) is 3.32. The molecular weight excluding hydrogens is 286 g/mol. The number of ether oxygens (including phenoxy) is 1. The van der Waals surface area contributed by atoms with Gasteiger partial charge in [0.25, 0.3) is 0 Å². The van der Waals surface area contributed by atoms with E-state index in [0.717, 1.165) is 0 Å². The van der Waals surface area contributed by atoms with Gasteiger partial charge < -0.3 is 4.74 Å². The topological polar surface area (TPSA) is 56.3 Å².